The maximum Gasteiger partial charge on any atom is 0.0691 e. The highest BCUT2D eigenvalue weighted by molar-refractivity contribution is 5.82. The summed E-state index contributed by atoms with van der Waals surface area (Å²) in [7, 11) is 0. The van der Waals surface area contributed by atoms with Crippen LogP contribution in [0.3, 0.4) is 0 Å². The molecule has 0 aliphatic carbocycles. The third kappa shape index (κ3) is 0.926. The maximum atomic E-state index is 4.03. The average molecular weight is 136 g/mol. The SMILES string of the molecule is C1=N[N]C2=C1CNCCC2. The minimum atomic E-state index is 0.947. The number of allylic oxidation sites excluding steroid dienone is 1. The van der Waals surface area contributed by atoms with E-state index in [1.807, 2.05) is 6.21 Å². The first kappa shape index (κ1) is 5.92. The van der Waals surface area contributed by atoms with Gasteiger partial charge in [-0.05, 0) is 19.4 Å². The molecular weight excluding hydrogens is 126 g/mol. The van der Waals surface area contributed by atoms with Crippen LogP contribution in [0.2, 0.25) is 0 Å². The van der Waals surface area contributed by atoms with E-state index in [2.05, 4.69) is 15.8 Å². The molecule has 0 aromatic heterocycles. The summed E-state index contributed by atoms with van der Waals surface area (Å²) in [5.41, 5.74) is 6.49. The molecule has 0 saturated heterocycles. The number of hydrogen-bond acceptors (Lipinski definition) is 2. The van der Waals surface area contributed by atoms with E-state index < -0.39 is 0 Å². The standard InChI is InChI=1S/C7H10N3/c1-2-7-6(4-8-3-1)5-9-10-7/h5,8H,1-4H2. The Morgan fingerprint density at radius 2 is 2.50 bits per heavy atom. The zero-order chi connectivity index (χ0) is 6.81. The molecule has 2 aliphatic heterocycles. The van der Waals surface area contributed by atoms with Gasteiger partial charge in [0.2, 0.25) is 0 Å². The summed E-state index contributed by atoms with van der Waals surface area (Å²) < 4.78 is 0. The van der Waals surface area contributed by atoms with Crippen LogP contribution in [-0.2, 0) is 0 Å². The van der Waals surface area contributed by atoms with Crippen LogP contribution in [0, 0.1) is 0 Å². The van der Waals surface area contributed by atoms with Gasteiger partial charge in [-0.15, -0.1) is 0 Å². The maximum absolute atomic E-state index is 4.03. The number of nitrogens with one attached hydrogen (secondary N) is 1. The highest BCUT2D eigenvalue weighted by Crippen LogP contribution is 2.14. The van der Waals surface area contributed by atoms with Crippen LogP contribution in [-0.4, -0.2) is 19.3 Å². The lowest BCUT2D eigenvalue weighted by atomic mass is 10.2. The van der Waals surface area contributed by atoms with Gasteiger partial charge in [-0.3, -0.25) is 0 Å². The Kier molecular flexibility index (Phi) is 1.43. The molecule has 0 spiro atoms. The van der Waals surface area contributed by atoms with Crippen LogP contribution in [0.15, 0.2) is 16.4 Å². The summed E-state index contributed by atoms with van der Waals surface area (Å²) in [5, 5.41) is 7.16. The lowest BCUT2D eigenvalue weighted by molar-refractivity contribution is 0.694. The van der Waals surface area contributed by atoms with Gasteiger partial charge >= 0.3 is 0 Å². The van der Waals surface area contributed by atoms with Crippen LogP contribution in [0.1, 0.15) is 12.8 Å². The first-order chi connectivity index (χ1) is 4.97. The molecule has 0 fully saturated rings. The second kappa shape index (κ2) is 2.42. The van der Waals surface area contributed by atoms with Crippen molar-refractivity contribution < 1.29 is 0 Å². The van der Waals surface area contributed by atoms with E-state index in [-0.39, 0.29) is 0 Å². The van der Waals surface area contributed by atoms with Gasteiger partial charge in [0.05, 0.1) is 11.9 Å². The van der Waals surface area contributed by atoms with Crippen molar-refractivity contribution in [3.8, 4) is 0 Å². The molecule has 10 heavy (non-hydrogen) atoms. The van der Waals surface area contributed by atoms with E-state index in [0.717, 1.165) is 19.5 Å². The van der Waals surface area contributed by atoms with Crippen molar-refractivity contribution in [3.63, 3.8) is 0 Å². The smallest absolute Gasteiger partial charge is 0.0691 e. The van der Waals surface area contributed by atoms with Crippen LogP contribution >= 0.6 is 0 Å². The summed E-state index contributed by atoms with van der Waals surface area (Å²) in [6.07, 6.45) is 4.13. The van der Waals surface area contributed by atoms with Crippen LogP contribution in [0.5, 0.6) is 0 Å². The van der Waals surface area contributed by atoms with Crippen molar-refractivity contribution in [1.29, 1.82) is 0 Å². The summed E-state index contributed by atoms with van der Waals surface area (Å²) >= 11 is 0. The molecule has 53 valence electrons. The molecule has 0 aromatic rings. The van der Waals surface area contributed by atoms with Gasteiger partial charge in [-0.2, -0.15) is 10.5 Å². The molecule has 0 bridgehead atoms. The number of hydrogen-bond donors (Lipinski definition) is 1. The lowest BCUT2D eigenvalue weighted by Crippen LogP contribution is -2.16. The number of rotatable bonds is 0. The second-order valence-electron chi connectivity index (χ2n) is 2.60. The average Bonchev–Trinajstić information content (AvgIpc) is 2.28. The molecular formula is C7H10N3. The van der Waals surface area contributed by atoms with E-state index in [9.17, 15) is 0 Å². The number of nitrogens with zero attached hydrogens (tertiary/aromatic N) is 2. The minimum absolute atomic E-state index is 0.947. The molecule has 0 amide bonds. The Hall–Kier alpha value is -0.830. The van der Waals surface area contributed by atoms with E-state index in [1.165, 1.54) is 17.7 Å². The Bertz CT molecular complexity index is 193. The van der Waals surface area contributed by atoms with Crippen molar-refractivity contribution >= 4 is 6.21 Å². The third-order valence-electron chi connectivity index (χ3n) is 1.85. The molecule has 0 aromatic carbocycles. The first-order valence-corrected chi connectivity index (χ1v) is 3.63. The molecule has 0 unspecified atom stereocenters. The van der Waals surface area contributed by atoms with Crippen molar-refractivity contribution in [3.05, 3.63) is 11.3 Å². The molecule has 2 heterocycles. The van der Waals surface area contributed by atoms with E-state index in [0.29, 0.717) is 0 Å². The van der Waals surface area contributed by atoms with Gasteiger partial charge in [-0.25, -0.2) is 0 Å². The van der Waals surface area contributed by atoms with Crippen molar-refractivity contribution in [2.75, 3.05) is 13.1 Å². The third-order valence-corrected chi connectivity index (χ3v) is 1.85. The Morgan fingerprint density at radius 3 is 3.50 bits per heavy atom. The fourth-order valence-corrected chi connectivity index (χ4v) is 1.27. The Morgan fingerprint density at radius 1 is 1.50 bits per heavy atom. The van der Waals surface area contributed by atoms with Gasteiger partial charge < -0.3 is 5.32 Å². The van der Waals surface area contributed by atoms with Crippen LogP contribution in [0.25, 0.3) is 0 Å². The summed E-state index contributed by atoms with van der Waals surface area (Å²) in [6, 6.07) is 0. The fourth-order valence-electron chi connectivity index (χ4n) is 1.27. The predicted molar refractivity (Wildman–Crippen MR) is 39.8 cm³/mol. The zero-order valence-corrected chi connectivity index (χ0v) is 5.80. The first-order valence-electron chi connectivity index (χ1n) is 3.63. The summed E-state index contributed by atoms with van der Waals surface area (Å²) in [4.78, 5) is 0. The molecule has 1 radical (unpaired) electrons. The summed E-state index contributed by atoms with van der Waals surface area (Å²) in [6.45, 7) is 2.05. The fraction of sp³-hybridized carbons (Fsp3) is 0.571. The molecule has 2 rings (SSSR count). The predicted octanol–water partition coefficient (Wildman–Crippen LogP) is 0.228. The van der Waals surface area contributed by atoms with E-state index in [4.69, 9.17) is 0 Å². The Labute approximate surface area is 60.2 Å². The molecule has 3 heteroatoms. The van der Waals surface area contributed by atoms with Crippen molar-refractivity contribution in [2.45, 2.75) is 12.8 Å². The molecule has 2 aliphatic rings. The molecule has 3 nitrogen and oxygen atoms in total. The van der Waals surface area contributed by atoms with Crippen LogP contribution < -0.4 is 10.7 Å². The van der Waals surface area contributed by atoms with Crippen LogP contribution in [0.4, 0.5) is 0 Å². The zero-order valence-electron chi connectivity index (χ0n) is 5.80. The Balaban J connectivity index is 2.16. The van der Waals surface area contributed by atoms with Gasteiger partial charge in [0.15, 0.2) is 0 Å². The second-order valence-corrected chi connectivity index (χ2v) is 2.60. The topological polar surface area (TPSA) is 38.5 Å². The van der Waals surface area contributed by atoms with E-state index in [1.54, 1.807) is 0 Å². The lowest BCUT2D eigenvalue weighted by Gasteiger charge is -1.95. The van der Waals surface area contributed by atoms with Gasteiger partial charge in [0.25, 0.3) is 0 Å². The molecule has 0 saturated carbocycles. The van der Waals surface area contributed by atoms with Gasteiger partial charge in [0, 0.05) is 12.1 Å². The highest BCUT2D eigenvalue weighted by Gasteiger charge is 2.13. The molecule has 0 atom stereocenters. The van der Waals surface area contributed by atoms with Crippen molar-refractivity contribution in [1.82, 2.24) is 10.7 Å². The normalized spacial score (nSPS) is 24.0. The van der Waals surface area contributed by atoms with E-state index >= 15 is 0 Å². The van der Waals surface area contributed by atoms with Crippen molar-refractivity contribution in [2.24, 2.45) is 5.10 Å². The van der Waals surface area contributed by atoms with Gasteiger partial charge in [0.1, 0.15) is 0 Å². The quantitative estimate of drug-likeness (QED) is 0.508. The highest BCUT2D eigenvalue weighted by atomic mass is 15.3. The van der Waals surface area contributed by atoms with Gasteiger partial charge in [-0.1, -0.05) is 0 Å². The largest absolute Gasteiger partial charge is 0.313 e. The molecule has 1 N–H and O–H groups in total. The summed E-state index contributed by atoms with van der Waals surface area (Å²) in [5.74, 6) is 0. The minimum Gasteiger partial charge on any atom is -0.313 e. The monoisotopic (exact) mass is 136 g/mol.